The van der Waals surface area contributed by atoms with Gasteiger partial charge in [0.1, 0.15) is 0 Å². The highest BCUT2D eigenvalue weighted by Gasteiger charge is 2.28. The highest BCUT2D eigenvalue weighted by molar-refractivity contribution is 4.81. The number of rotatable bonds is 0. The van der Waals surface area contributed by atoms with Gasteiger partial charge in [0.2, 0.25) is 0 Å². The number of hydrogen-bond donors (Lipinski definition) is 0. The Morgan fingerprint density at radius 3 is 2.00 bits per heavy atom. The van der Waals surface area contributed by atoms with Crippen LogP contribution in [0.4, 0.5) is 0 Å². The third-order valence-corrected chi connectivity index (χ3v) is 3.58. The van der Waals surface area contributed by atoms with E-state index in [0.717, 1.165) is 11.8 Å². The summed E-state index contributed by atoms with van der Waals surface area (Å²) < 4.78 is 0. The standard InChI is InChI=1S/C10H19N/c1-11-7-5-9-3-2-4-10(9)6-8-11/h9-10H,2-8H2,1H3. The lowest BCUT2D eigenvalue weighted by Crippen LogP contribution is -2.19. The van der Waals surface area contributed by atoms with Gasteiger partial charge in [-0.15, -0.1) is 0 Å². The van der Waals surface area contributed by atoms with Gasteiger partial charge in [-0.1, -0.05) is 19.3 Å². The van der Waals surface area contributed by atoms with Crippen LogP contribution in [0.2, 0.25) is 0 Å². The normalized spacial score (nSPS) is 40.1. The molecule has 1 heterocycles. The van der Waals surface area contributed by atoms with Crippen molar-refractivity contribution >= 4 is 0 Å². The van der Waals surface area contributed by atoms with E-state index in [1.165, 1.54) is 45.2 Å². The summed E-state index contributed by atoms with van der Waals surface area (Å²) in [6.45, 7) is 2.70. The fourth-order valence-corrected chi connectivity index (χ4v) is 2.76. The molecule has 2 rings (SSSR count). The third kappa shape index (κ3) is 1.58. The van der Waals surface area contributed by atoms with Crippen molar-refractivity contribution in [3.63, 3.8) is 0 Å². The first-order valence-electron chi connectivity index (χ1n) is 5.05. The Hall–Kier alpha value is -0.0400. The topological polar surface area (TPSA) is 3.24 Å². The van der Waals surface area contributed by atoms with E-state index < -0.39 is 0 Å². The van der Waals surface area contributed by atoms with Crippen LogP contribution in [-0.4, -0.2) is 25.0 Å². The lowest BCUT2D eigenvalue weighted by atomic mass is 9.92. The van der Waals surface area contributed by atoms with Crippen LogP contribution in [0.15, 0.2) is 0 Å². The second-order valence-corrected chi connectivity index (χ2v) is 4.33. The van der Waals surface area contributed by atoms with Crippen LogP contribution in [-0.2, 0) is 0 Å². The van der Waals surface area contributed by atoms with Gasteiger partial charge in [-0.25, -0.2) is 0 Å². The minimum Gasteiger partial charge on any atom is -0.306 e. The Labute approximate surface area is 69.8 Å². The van der Waals surface area contributed by atoms with Crippen LogP contribution in [0, 0.1) is 11.8 Å². The zero-order valence-electron chi connectivity index (χ0n) is 7.55. The fourth-order valence-electron chi connectivity index (χ4n) is 2.76. The fraction of sp³-hybridized carbons (Fsp3) is 1.00. The Kier molecular flexibility index (Phi) is 2.17. The maximum atomic E-state index is 2.50. The van der Waals surface area contributed by atoms with Crippen molar-refractivity contribution < 1.29 is 0 Å². The van der Waals surface area contributed by atoms with Crippen molar-refractivity contribution in [3.8, 4) is 0 Å². The molecule has 2 fully saturated rings. The first-order valence-corrected chi connectivity index (χ1v) is 5.05. The number of fused-ring (bicyclic) bond motifs is 1. The van der Waals surface area contributed by atoms with Crippen molar-refractivity contribution in [2.24, 2.45) is 11.8 Å². The second kappa shape index (κ2) is 3.14. The van der Waals surface area contributed by atoms with E-state index in [1.807, 2.05) is 0 Å². The molecule has 0 N–H and O–H groups in total. The molecule has 2 atom stereocenters. The number of nitrogens with zero attached hydrogens (tertiary/aromatic N) is 1. The van der Waals surface area contributed by atoms with E-state index in [4.69, 9.17) is 0 Å². The van der Waals surface area contributed by atoms with E-state index in [0.29, 0.717) is 0 Å². The number of likely N-dealkylation sites (tertiary alicyclic amines) is 1. The molecular weight excluding hydrogens is 134 g/mol. The molecule has 1 saturated heterocycles. The third-order valence-electron chi connectivity index (χ3n) is 3.58. The predicted octanol–water partition coefficient (Wildman–Crippen LogP) is 2.13. The smallest absolute Gasteiger partial charge is 0.00190 e. The van der Waals surface area contributed by atoms with Gasteiger partial charge in [-0.2, -0.15) is 0 Å². The molecule has 1 heteroatoms. The molecule has 0 radical (unpaired) electrons. The van der Waals surface area contributed by atoms with Gasteiger partial charge in [-0.05, 0) is 44.8 Å². The molecule has 0 aromatic heterocycles. The van der Waals surface area contributed by atoms with Crippen LogP contribution in [0.1, 0.15) is 32.1 Å². The average molecular weight is 153 g/mol. The molecule has 2 unspecified atom stereocenters. The van der Waals surface area contributed by atoms with Crippen molar-refractivity contribution in [2.75, 3.05) is 20.1 Å². The Bertz CT molecular complexity index is 119. The minimum absolute atomic E-state index is 1.10. The molecule has 11 heavy (non-hydrogen) atoms. The predicted molar refractivity (Wildman–Crippen MR) is 47.6 cm³/mol. The minimum atomic E-state index is 1.10. The molecule has 1 aliphatic heterocycles. The first-order chi connectivity index (χ1) is 5.36. The van der Waals surface area contributed by atoms with Crippen LogP contribution >= 0.6 is 0 Å². The molecule has 0 aromatic rings. The van der Waals surface area contributed by atoms with E-state index in [-0.39, 0.29) is 0 Å². The van der Waals surface area contributed by atoms with Gasteiger partial charge in [0.25, 0.3) is 0 Å². The SMILES string of the molecule is CN1CCC2CCCC2CC1. The Balaban J connectivity index is 1.95. The van der Waals surface area contributed by atoms with Gasteiger partial charge in [-0.3, -0.25) is 0 Å². The molecule has 0 amide bonds. The molecule has 1 saturated carbocycles. The van der Waals surface area contributed by atoms with Crippen molar-refractivity contribution in [1.29, 1.82) is 0 Å². The first kappa shape index (κ1) is 7.60. The van der Waals surface area contributed by atoms with Crippen LogP contribution in [0.25, 0.3) is 0 Å². The highest BCUT2D eigenvalue weighted by Crippen LogP contribution is 2.37. The average Bonchev–Trinajstić information content (AvgIpc) is 2.38. The lowest BCUT2D eigenvalue weighted by Gasteiger charge is -2.13. The lowest BCUT2D eigenvalue weighted by molar-refractivity contribution is 0.338. The number of hydrogen-bond acceptors (Lipinski definition) is 1. The van der Waals surface area contributed by atoms with Crippen molar-refractivity contribution in [2.45, 2.75) is 32.1 Å². The monoisotopic (exact) mass is 153 g/mol. The highest BCUT2D eigenvalue weighted by atomic mass is 15.1. The molecule has 1 nitrogen and oxygen atoms in total. The van der Waals surface area contributed by atoms with E-state index >= 15 is 0 Å². The molecule has 0 spiro atoms. The van der Waals surface area contributed by atoms with E-state index in [2.05, 4.69) is 11.9 Å². The Morgan fingerprint density at radius 2 is 1.45 bits per heavy atom. The summed E-state index contributed by atoms with van der Waals surface area (Å²) in [4.78, 5) is 2.50. The summed E-state index contributed by atoms with van der Waals surface area (Å²) in [7, 11) is 2.26. The second-order valence-electron chi connectivity index (χ2n) is 4.33. The van der Waals surface area contributed by atoms with Crippen molar-refractivity contribution in [3.05, 3.63) is 0 Å². The van der Waals surface area contributed by atoms with Crippen LogP contribution < -0.4 is 0 Å². The van der Waals surface area contributed by atoms with Gasteiger partial charge in [0.15, 0.2) is 0 Å². The molecule has 0 aromatic carbocycles. The molecule has 2 aliphatic rings. The Morgan fingerprint density at radius 1 is 0.909 bits per heavy atom. The summed E-state index contributed by atoms with van der Waals surface area (Å²) in [5.74, 6) is 2.19. The summed E-state index contributed by atoms with van der Waals surface area (Å²) in [6.07, 6.45) is 7.51. The summed E-state index contributed by atoms with van der Waals surface area (Å²) in [5.41, 5.74) is 0. The van der Waals surface area contributed by atoms with E-state index in [9.17, 15) is 0 Å². The van der Waals surface area contributed by atoms with Gasteiger partial charge >= 0.3 is 0 Å². The zero-order valence-corrected chi connectivity index (χ0v) is 7.55. The van der Waals surface area contributed by atoms with Gasteiger partial charge in [0, 0.05) is 0 Å². The quantitative estimate of drug-likeness (QED) is 0.515. The van der Waals surface area contributed by atoms with Gasteiger partial charge < -0.3 is 4.90 Å². The molecular formula is C10H19N. The molecule has 1 aliphatic carbocycles. The summed E-state index contributed by atoms with van der Waals surface area (Å²) in [5, 5.41) is 0. The van der Waals surface area contributed by atoms with Crippen LogP contribution in [0.5, 0.6) is 0 Å². The van der Waals surface area contributed by atoms with Crippen molar-refractivity contribution in [1.82, 2.24) is 4.90 Å². The maximum absolute atomic E-state index is 2.50. The largest absolute Gasteiger partial charge is 0.306 e. The van der Waals surface area contributed by atoms with Crippen LogP contribution in [0.3, 0.4) is 0 Å². The molecule has 64 valence electrons. The van der Waals surface area contributed by atoms with E-state index in [1.54, 1.807) is 0 Å². The summed E-state index contributed by atoms with van der Waals surface area (Å²) in [6, 6.07) is 0. The maximum Gasteiger partial charge on any atom is -0.00190 e. The summed E-state index contributed by atoms with van der Waals surface area (Å²) >= 11 is 0. The molecule has 0 bridgehead atoms. The zero-order chi connectivity index (χ0) is 7.68. The van der Waals surface area contributed by atoms with Gasteiger partial charge in [0.05, 0.1) is 0 Å².